The molecule has 2 N–H and O–H groups in total. The molecule has 0 aliphatic heterocycles. The van der Waals surface area contributed by atoms with Gasteiger partial charge in [0.1, 0.15) is 5.75 Å². The van der Waals surface area contributed by atoms with E-state index in [4.69, 9.17) is 10.5 Å². The molecule has 0 saturated heterocycles. The monoisotopic (exact) mass is 276 g/mol. The molecule has 1 aromatic carbocycles. The highest BCUT2D eigenvalue weighted by molar-refractivity contribution is 5.79. The van der Waals surface area contributed by atoms with Gasteiger partial charge in [-0.05, 0) is 43.4 Å². The number of rotatable bonds is 4. The molecular formula is C16H24N2O2. The fourth-order valence-corrected chi connectivity index (χ4v) is 2.94. The summed E-state index contributed by atoms with van der Waals surface area (Å²) in [5, 5.41) is 0. The van der Waals surface area contributed by atoms with Crippen molar-refractivity contribution in [2.24, 2.45) is 11.7 Å². The van der Waals surface area contributed by atoms with Gasteiger partial charge in [0, 0.05) is 25.6 Å². The summed E-state index contributed by atoms with van der Waals surface area (Å²) in [7, 11) is 3.53. The lowest BCUT2D eigenvalue weighted by Crippen LogP contribution is -2.32. The highest BCUT2D eigenvalue weighted by atomic mass is 16.5. The van der Waals surface area contributed by atoms with Crippen LogP contribution >= 0.6 is 0 Å². The fourth-order valence-electron chi connectivity index (χ4n) is 2.94. The Hall–Kier alpha value is -1.55. The van der Waals surface area contributed by atoms with E-state index in [1.165, 1.54) is 0 Å². The summed E-state index contributed by atoms with van der Waals surface area (Å²) in [5.41, 5.74) is 8.10. The van der Waals surface area contributed by atoms with Crippen LogP contribution in [0.1, 0.15) is 30.4 Å². The topological polar surface area (TPSA) is 55.6 Å². The quantitative estimate of drug-likeness (QED) is 0.916. The summed E-state index contributed by atoms with van der Waals surface area (Å²) in [6, 6.07) is 6.23. The predicted octanol–water partition coefficient (Wildman–Crippen LogP) is 2.09. The molecule has 4 heteroatoms. The second-order valence-electron chi connectivity index (χ2n) is 5.77. The van der Waals surface area contributed by atoms with E-state index in [1.54, 1.807) is 7.11 Å². The first kappa shape index (κ1) is 14.9. The Morgan fingerprint density at radius 3 is 2.75 bits per heavy atom. The van der Waals surface area contributed by atoms with Crippen molar-refractivity contribution in [1.29, 1.82) is 0 Å². The average Bonchev–Trinajstić information content (AvgIpc) is 2.84. The second-order valence-corrected chi connectivity index (χ2v) is 5.77. The maximum Gasteiger partial charge on any atom is 0.225 e. The van der Waals surface area contributed by atoms with Crippen LogP contribution in [0.4, 0.5) is 0 Å². The van der Waals surface area contributed by atoms with Gasteiger partial charge in [-0.25, -0.2) is 0 Å². The summed E-state index contributed by atoms with van der Waals surface area (Å²) in [5.74, 6) is 1.20. The average molecular weight is 276 g/mol. The zero-order valence-electron chi connectivity index (χ0n) is 12.6. The molecule has 1 aliphatic carbocycles. The van der Waals surface area contributed by atoms with Crippen LogP contribution in [0.5, 0.6) is 5.75 Å². The third-order valence-electron chi connectivity index (χ3n) is 4.08. The van der Waals surface area contributed by atoms with Crippen LogP contribution in [0.25, 0.3) is 0 Å². The maximum atomic E-state index is 12.3. The number of nitrogens with zero attached hydrogens (tertiary/aromatic N) is 1. The van der Waals surface area contributed by atoms with Crippen molar-refractivity contribution in [3.63, 3.8) is 0 Å². The van der Waals surface area contributed by atoms with Crippen LogP contribution in [-0.2, 0) is 11.3 Å². The number of hydrogen-bond acceptors (Lipinski definition) is 3. The van der Waals surface area contributed by atoms with Gasteiger partial charge in [0.05, 0.1) is 7.11 Å². The molecule has 2 rings (SSSR count). The van der Waals surface area contributed by atoms with Crippen molar-refractivity contribution in [2.75, 3.05) is 14.2 Å². The van der Waals surface area contributed by atoms with Crippen LogP contribution in [0, 0.1) is 12.8 Å². The van der Waals surface area contributed by atoms with Gasteiger partial charge < -0.3 is 15.4 Å². The first-order chi connectivity index (χ1) is 9.51. The Morgan fingerprint density at radius 2 is 2.20 bits per heavy atom. The minimum atomic E-state index is 0.106. The van der Waals surface area contributed by atoms with Gasteiger partial charge in [-0.2, -0.15) is 0 Å². The molecule has 0 bridgehead atoms. The number of methoxy groups -OCH3 is 1. The molecule has 0 radical (unpaired) electrons. The lowest BCUT2D eigenvalue weighted by molar-refractivity contribution is -0.134. The lowest BCUT2D eigenvalue weighted by Gasteiger charge is -2.21. The van der Waals surface area contributed by atoms with E-state index in [9.17, 15) is 4.79 Å². The summed E-state index contributed by atoms with van der Waals surface area (Å²) in [6.45, 7) is 2.65. The Kier molecular flexibility index (Phi) is 4.65. The molecule has 110 valence electrons. The molecule has 1 aliphatic rings. The van der Waals surface area contributed by atoms with E-state index in [0.717, 1.165) is 36.1 Å². The van der Waals surface area contributed by atoms with Crippen molar-refractivity contribution in [1.82, 2.24) is 4.90 Å². The van der Waals surface area contributed by atoms with Gasteiger partial charge in [0.15, 0.2) is 0 Å². The predicted molar refractivity (Wildman–Crippen MR) is 79.5 cm³/mol. The highest BCUT2D eigenvalue weighted by Crippen LogP contribution is 2.26. The zero-order valence-corrected chi connectivity index (χ0v) is 12.6. The normalized spacial score (nSPS) is 21.8. The van der Waals surface area contributed by atoms with Gasteiger partial charge >= 0.3 is 0 Å². The molecule has 0 aromatic heterocycles. The molecule has 0 unspecified atom stereocenters. The smallest absolute Gasteiger partial charge is 0.225 e. The zero-order chi connectivity index (χ0) is 14.7. The van der Waals surface area contributed by atoms with Crippen molar-refractivity contribution < 1.29 is 9.53 Å². The first-order valence-corrected chi connectivity index (χ1v) is 7.15. The van der Waals surface area contributed by atoms with E-state index in [-0.39, 0.29) is 17.9 Å². The van der Waals surface area contributed by atoms with E-state index in [0.29, 0.717) is 6.54 Å². The molecule has 20 heavy (non-hydrogen) atoms. The molecular weight excluding hydrogens is 252 g/mol. The van der Waals surface area contributed by atoms with Crippen LogP contribution in [0.15, 0.2) is 18.2 Å². The molecule has 1 amide bonds. The fraction of sp³-hybridized carbons (Fsp3) is 0.562. The van der Waals surface area contributed by atoms with Crippen molar-refractivity contribution in [3.8, 4) is 5.75 Å². The van der Waals surface area contributed by atoms with Gasteiger partial charge in [0.25, 0.3) is 0 Å². The Labute approximate surface area is 120 Å². The summed E-state index contributed by atoms with van der Waals surface area (Å²) in [4.78, 5) is 14.2. The number of hydrogen-bond donors (Lipinski definition) is 1. The molecule has 1 aromatic rings. The summed E-state index contributed by atoms with van der Waals surface area (Å²) >= 11 is 0. The molecule has 1 saturated carbocycles. The number of aryl methyl sites for hydroxylation is 1. The van der Waals surface area contributed by atoms with E-state index in [1.807, 2.05) is 31.0 Å². The van der Waals surface area contributed by atoms with Crippen LogP contribution < -0.4 is 10.5 Å². The van der Waals surface area contributed by atoms with Crippen molar-refractivity contribution in [3.05, 3.63) is 29.3 Å². The number of benzene rings is 1. The van der Waals surface area contributed by atoms with Gasteiger partial charge in [0.2, 0.25) is 5.91 Å². The van der Waals surface area contributed by atoms with E-state index >= 15 is 0 Å². The third-order valence-corrected chi connectivity index (χ3v) is 4.08. The minimum absolute atomic E-state index is 0.106. The van der Waals surface area contributed by atoms with Crippen LogP contribution in [-0.4, -0.2) is 31.0 Å². The van der Waals surface area contributed by atoms with E-state index in [2.05, 4.69) is 6.07 Å². The Bertz CT molecular complexity index is 487. The van der Waals surface area contributed by atoms with E-state index < -0.39 is 0 Å². The van der Waals surface area contributed by atoms with Gasteiger partial charge in [-0.3, -0.25) is 4.79 Å². The Morgan fingerprint density at radius 1 is 1.45 bits per heavy atom. The van der Waals surface area contributed by atoms with Crippen molar-refractivity contribution in [2.45, 2.75) is 38.8 Å². The van der Waals surface area contributed by atoms with Gasteiger partial charge in [-0.15, -0.1) is 0 Å². The minimum Gasteiger partial charge on any atom is -0.496 e. The molecule has 2 atom stereocenters. The highest BCUT2D eigenvalue weighted by Gasteiger charge is 2.29. The number of nitrogens with two attached hydrogens (primary N) is 1. The number of ether oxygens (including phenoxy) is 1. The van der Waals surface area contributed by atoms with Gasteiger partial charge in [-0.1, -0.05) is 12.1 Å². The van der Waals surface area contributed by atoms with Crippen molar-refractivity contribution >= 4 is 5.91 Å². The van der Waals surface area contributed by atoms with Crippen LogP contribution in [0.3, 0.4) is 0 Å². The number of carbonyl (C=O) groups is 1. The SMILES string of the molecule is COc1ccc(CN(C)C(=O)[C@@H]2CC[C@H](N)C2)cc1C. The standard InChI is InChI=1S/C16H24N2O2/c1-11-8-12(4-7-15(11)20-3)10-18(2)16(19)13-5-6-14(17)9-13/h4,7-8,13-14H,5-6,9-10,17H2,1-3H3/t13-,14+/m1/s1. The first-order valence-electron chi connectivity index (χ1n) is 7.15. The molecule has 4 nitrogen and oxygen atoms in total. The Balaban J connectivity index is 1.98. The van der Waals surface area contributed by atoms with Crippen LogP contribution in [0.2, 0.25) is 0 Å². The molecule has 1 fully saturated rings. The largest absolute Gasteiger partial charge is 0.496 e. The lowest BCUT2D eigenvalue weighted by atomic mass is 10.1. The number of amides is 1. The summed E-state index contributed by atoms with van der Waals surface area (Å²) in [6.07, 6.45) is 2.71. The summed E-state index contributed by atoms with van der Waals surface area (Å²) < 4.78 is 5.25. The molecule has 0 heterocycles. The second kappa shape index (κ2) is 6.27. The molecule has 0 spiro atoms. The number of carbonyl (C=O) groups excluding carboxylic acids is 1. The maximum absolute atomic E-state index is 12.3. The third kappa shape index (κ3) is 3.31.